The van der Waals surface area contributed by atoms with Gasteiger partial charge >= 0.3 is 12.1 Å². The maximum Gasteiger partial charge on any atom is 0.420 e. The van der Waals surface area contributed by atoms with E-state index in [1.165, 1.54) is 0 Å². The van der Waals surface area contributed by atoms with Crippen molar-refractivity contribution in [1.82, 2.24) is 0 Å². The van der Waals surface area contributed by atoms with E-state index in [1.807, 2.05) is 0 Å². The van der Waals surface area contributed by atoms with E-state index in [-0.39, 0.29) is 0 Å². The summed E-state index contributed by atoms with van der Waals surface area (Å²) in [6.45, 7) is -2.03. The molecule has 7 heteroatoms. The summed E-state index contributed by atoms with van der Waals surface area (Å²) in [4.78, 5) is 0. The molecule has 0 aromatic heterocycles. The van der Waals surface area contributed by atoms with Crippen LogP contribution in [0.5, 0.6) is 0 Å². The maximum absolute atomic E-state index is 11.8. The van der Waals surface area contributed by atoms with Crippen LogP contribution in [0.4, 0.5) is 22.0 Å². The zero-order chi connectivity index (χ0) is 9.28. The van der Waals surface area contributed by atoms with Gasteiger partial charge in [-0.15, -0.1) is 0 Å². The molecule has 0 aliphatic rings. The summed E-state index contributed by atoms with van der Waals surface area (Å²) in [5.41, 5.74) is 0. The van der Waals surface area contributed by atoms with Crippen LogP contribution in [0, 0.1) is 0 Å². The molecule has 0 fully saturated rings. The molecular weight excluding hydrogens is 175 g/mol. The highest BCUT2D eigenvalue weighted by Gasteiger charge is 2.54. The van der Waals surface area contributed by atoms with Gasteiger partial charge in [-0.2, -0.15) is 13.2 Å². The molecule has 1 atom stereocenters. The third-order valence-electron chi connectivity index (χ3n) is 0.921. The Bertz CT molecular complexity index is 131. The van der Waals surface area contributed by atoms with Crippen molar-refractivity contribution in [3.8, 4) is 0 Å². The Morgan fingerprint density at radius 3 is 1.55 bits per heavy atom. The van der Waals surface area contributed by atoms with Crippen LogP contribution in [0.1, 0.15) is 0 Å². The molecule has 0 saturated heterocycles. The predicted molar refractivity (Wildman–Crippen MR) is 24.1 cm³/mol. The smallest absolute Gasteiger partial charge is 0.390 e. The minimum absolute atomic E-state index is 2.03. The van der Waals surface area contributed by atoms with E-state index >= 15 is 0 Å². The Morgan fingerprint density at radius 2 is 1.45 bits per heavy atom. The molecule has 2 nitrogen and oxygen atoms in total. The van der Waals surface area contributed by atoms with Crippen molar-refractivity contribution < 1.29 is 32.2 Å². The first-order chi connectivity index (χ1) is 4.72. The lowest BCUT2D eigenvalue weighted by Crippen LogP contribution is -2.47. The van der Waals surface area contributed by atoms with E-state index in [4.69, 9.17) is 10.2 Å². The van der Waals surface area contributed by atoms with E-state index in [0.717, 1.165) is 0 Å². The van der Waals surface area contributed by atoms with Gasteiger partial charge in [-0.25, -0.2) is 8.78 Å². The lowest BCUT2D eigenvalue weighted by molar-refractivity contribution is -0.276. The fourth-order valence-electron chi connectivity index (χ4n) is 0.326. The Kier molecular flexibility index (Phi) is 2.79. The maximum atomic E-state index is 11.8. The van der Waals surface area contributed by atoms with Gasteiger partial charge in [-0.05, 0) is 0 Å². The van der Waals surface area contributed by atoms with Gasteiger partial charge in [0, 0.05) is 0 Å². The molecule has 1 unspecified atom stereocenters. The molecule has 2 N–H and O–H groups in total. The summed E-state index contributed by atoms with van der Waals surface area (Å²) in [5.74, 6) is -4.53. The van der Waals surface area contributed by atoms with E-state index in [1.54, 1.807) is 0 Å². The molecular formula is C4H5F5O2. The zero-order valence-corrected chi connectivity index (χ0v) is 5.07. The first-order valence-corrected chi connectivity index (χ1v) is 2.45. The number of rotatable bonds is 2. The molecule has 11 heavy (non-hydrogen) atoms. The SMILES string of the molecule is OCC(F)(F)C(O)C(F)(F)F. The summed E-state index contributed by atoms with van der Waals surface area (Å²) in [6, 6.07) is 0. The molecule has 0 rings (SSSR count). The molecule has 0 saturated carbocycles. The number of hydrogen-bond acceptors (Lipinski definition) is 2. The highest BCUT2D eigenvalue weighted by Crippen LogP contribution is 2.31. The van der Waals surface area contributed by atoms with Crippen LogP contribution in [0.15, 0.2) is 0 Å². The third kappa shape index (κ3) is 2.58. The molecule has 0 aliphatic heterocycles. The number of aliphatic hydroxyl groups is 2. The highest BCUT2D eigenvalue weighted by molar-refractivity contribution is 4.81. The molecule has 0 bridgehead atoms. The molecule has 68 valence electrons. The van der Waals surface area contributed by atoms with Gasteiger partial charge in [-0.1, -0.05) is 0 Å². The Labute approximate surface area is 58.3 Å². The van der Waals surface area contributed by atoms with Crippen molar-refractivity contribution in [3.05, 3.63) is 0 Å². The quantitative estimate of drug-likeness (QED) is 0.609. The first-order valence-electron chi connectivity index (χ1n) is 2.45. The lowest BCUT2D eigenvalue weighted by Gasteiger charge is -2.21. The van der Waals surface area contributed by atoms with Crippen LogP contribution in [-0.4, -0.2) is 35.0 Å². The fourth-order valence-corrected chi connectivity index (χ4v) is 0.326. The normalized spacial score (nSPS) is 16.6. The standard InChI is InChI=1S/C4H5F5O2/c5-3(6,1-10)2(11)4(7,8)9/h2,10-11H,1H2. The van der Waals surface area contributed by atoms with E-state index in [0.29, 0.717) is 0 Å². The summed E-state index contributed by atoms with van der Waals surface area (Å²) in [5, 5.41) is 15.6. The van der Waals surface area contributed by atoms with Gasteiger partial charge in [0.1, 0.15) is 6.61 Å². The topological polar surface area (TPSA) is 40.5 Å². The number of aliphatic hydroxyl groups excluding tert-OH is 2. The minimum atomic E-state index is -5.41. The monoisotopic (exact) mass is 180 g/mol. The Morgan fingerprint density at radius 1 is 1.09 bits per heavy atom. The minimum Gasteiger partial charge on any atom is -0.390 e. The summed E-state index contributed by atoms with van der Waals surface area (Å²) in [6.07, 6.45) is -9.22. The molecule has 0 aromatic carbocycles. The molecule has 0 radical (unpaired) electrons. The van der Waals surface area contributed by atoms with Crippen LogP contribution in [-0.2, 0) is 0 Å². The van der Waals surface area contributed by atoms with Crippen molar-refractivity contribution in [2.45, 2.75) is 18.2 Å². The van der Waals surface area contributed by atoms with E-state index in [2.05, 4.69) is 0 Å². The average molecular weight is 180 g/mol. The van der Waals surface area contributed by atoms with Crippen LogP contribution in [0.3, 0.4) is 0 Å². The fraction of sp³-hybridized carbons (Fsp3) is 1.00. The van der Waals surface area contributed by atoms with Crippen molar-refractivity contribution in [2.75, 3.05) is 6.61 Å². The second kappa shape index (κ2) is 2.90. The second-order valence-electron chi connectivity index (χ2n) is 1.86. The van der Waals surface area contributed by atoms with Crippen LogP contribution in [0.2, 0.25) is 0 Å². The lowest BCUT2D eigenvalue weighted by atomic mass is 10.2. The molecule has 0 spiro atoms. The average Bonchev–Trinajstić information content (AvgIpc) is 1.84. The van der Waals surface area contributed by atoms with Gasteiger partial charge in [-0.3, -0.25) is 0 Å². The van der Waals surface area contributed by atoms with Gasteiger partial charge in [0.25, 0.3) is 0 Å². The van der Waals surface area contributed by atoms with E-state index < -0.39 is 24.8 Å². The Balaban J connectivity index is 4.35. The second-order valence-corrected chi connectivity index (χ2v) is 1.86. The Hall–Kier alpha value is -0.430. The van der Waals surface area contributed by atoms with Crippen molar-refractivity contribution in [2.24, 2.45) is 0 Å². The molecule has 0 aliphatic carbocycles. The highest BCUT2D eigenvalue weighted by atomic mass is 19.4. The number of alkyl halides is 5. The first kappa shape index (κ1) is 10.6. The van der Waals surface area contributed by atoms with Crippen LogP contribution < -0.4 is 0 Å². The number of hydrogen-bond donors (Lipinski definition) is 2. The van der Waals surface area contributed by atoms with Gasteiger partial charge < -0.3 is 10.2 Å². The van der Waals surface area contributed by atoms with Gasteiger partial charge in [0.05, 0.1) is 0 Å². The summed E-state index contributed by atoms with van der Waals surface area (Å²) < 4.78 is 57.5. The van der Waals surface area contributed by atoms with Crippen molar-refractivity contribution >= 4 is 0 Å². The van der Waals surface area contributed by atoms with Crippen molar-refractivity contribution in [1.29, 1.82) is 0 Å². The van der Waals surface area contributed by atoms with E-state index in [9.17, 15) is 22.0 Å². The molecule has 0 heterocycles. The van der Waals surface area contributed by atoms with Crippen molar-refractivity contribution in [3.63, 3.8) is 0 Å². The van der Waals surface area contributed by atoms with Crippen LogP contribution in [0.25, 0.3) is 0 Å². The molecule has 0 aromatic rings. The zero-order valence-electron chi connectivity index (χ0n) is 5.07. The van der Waals surface area contributed by atoms with Gasteiger partial charge in [0.2, 0.25) is 6.10 Å². The predicted octanol–water partition coefficient (Wildman–Crippen LogP) is 0.537. The largest absolute Gasteiger partial charge is 0.420 e. The molecule has 0 amide bonds. The van der Waals surface area contributed by atoms with Gasteiger partial charge in [0.15, 0.2) is 0 Å². The summed E-state index contributed by atoms with van der Waals surface area (Å²) >= 11 is 0. The summed E-state index contributed by atoms with van der Waals surface area (Å²) in [7, 11) is 0. The number of halogens is 5. The third-order valence-corrected chi connectivity index (χ3v) is 0.921. The van der Waals surface area contributed by atoms with Crippen LogP contribution >= 0.6 is 0 Å².